The van der Waals surface area contributed by atoms with Crippen LogP contribution in [0.5, 0.6) is 0 Å². The first-order valence-electron chi connectivity index (χ1n) is 10.6. The Kier molecular flexibility index (Phi) is 7.26. The number of hydrogen-bond donors (Lipinski definition) is 2. The van der Waals surface area contributed by atoms with E-state index in [0.29, 0.717) is 17.2 Å². The smallest absolute Gasteiger partial charge is 0.407 e. The van der Waals surface area contributed by atoms with Gasteiger partial charge >= 0.3 is 6.09 Å². The van der Waals surface area contributed by atoms with Gasteiger partial charge in [0.2, 0.25) is 0 Å². The van der Waals surface area contributed by atoms with E-state index in [2.05, 4.69) is 10.3 Å². The maximum atomic E-state index is 12.9. The maximum absolute atomic E-state index is 12.9. The van der Waals surface area contributed by atoms with Crippen molar-refractivity contribution in [3.63, 3.8) is 0 Å². The van der Waals surface area contributed by atoms with Crippen molar-refractivity contribution in [2.45, 2.75) is 81.6 Å². The minimum Gasteiger partial charge on any atom is -0.447 e. The summed E-state index contributed by atoms with van der Waals surface area (Å²) in [6, 6.07) is 5.14. The van der Waals surface area contributed by atoms with Crippen LogP contribution in [0.3, 0.4) is 0 Å². The first-order chi connectivity index (χ1) is 14.6. The maximum Gasteiger partial charge on any atom is 0.407 e. The fourth-order valence-corrected chi connectivity index (χ4v) is 6.22. The minimum absolute atomic E-state index is 0.113. The highest BCUT2D eigenvalue weighted by Gasteiger charge is 2.28. The van der Waals surface area contributed by atoms with Crippen molar-refractivity contribution in [3.8, 4) is 10.4 Å². The molecule has 1 heterocycles. The molecular weight excluding hydrogens is 434 g/mol. The molecule has 1 aliphatic rings. The van der Waals surface area contributed by atoms with Gasteiger partial charge in [-0.3, -0.25) is 0 Å². The second-order valence-corrected chi connectivity index (χ2v) is 12.1. The minimum atomic E-state index is -3.47. The lowest BCUT2D eigenvalue weighted by Gasteiger charge is -2.28. The van der Waals surface area contributed by atoms with E-state index in [-0.39, 0.29) is 23.1 Å². The molecule has 0 aliphatic heterocycles. The van der Waals surface area contributed by atoms with Crippen molar-refractivity contribution in [2.24, 2.45) is 0 Å². The van der Waals surface area contributed by atoms with Crippen molar-refractivity contribution >= 4 is 33.0 Å². The average Bonchev–Trinajstić information content (AvgIpc) is 3.17. The number of ether oxygens (including phenoxy) is 1. The molecule has 1 saturated carbocycles. The van der Waals surface area contributed by atoms with Crippen LogP contribution < -0.4 is 11.1 Å². The number of benzene rings is 1. The topological polar surface area (TPSA) is 111 Å². The predicted molar refractivity (Wildman–Crippen MR) is 124 cm³/mol. The Balaban J connectivity index is 1.73. The van der Waals surface area contributed by atoms with E-state index in [4.69, 9.17) is 10.5 Å². The molecule has 0 spiro atoms. The highest BCUT2D eigenvalue weighted by atomic mass is 32.2. The van der Waals surface area contributed by atoms with Crippen LogP contribution in [0.15, 0.2) is 29.3 Å². The molecule has 9 heteroatoms. The molecule has 0 radical (unpaired) electrons. The lowest BCUT2D eigenvalue weighted by molar-refractivity contribution is 0.109. The zero-order valence-corrected chi connectivity index (χ0v) is 20.1. The lowest BCUT2D eigenvalue weighted by Crippen LogP contribution is -2.38. The third-order valence-electron chi connectivity index (χ3n) is 5.46. The van der Waals surface area contributed by atoms with Gasteiger partial charge in [-0.15, -0.1) is 11.3 Å². The van der Waals surface area contributed by atoms with E-state index in [1.807, 2.05) is 13.8 Å². The molecule has 1 aromatic carbocycles. The molecule has 3 rings (SSSR count). The third kappa shape index (κ3) is 5.57. The summed E-state index contributed by atoms with van der Waals surface area (Å²) in [5, 5.41) is 3.40. The number of sulfone groups is 1. The summed E-state index contributed by atoms with van der Waals surface area (Å²) < 4.78 is 30.9. The standard InChI is InChI=1S/C22H31N3O4S2/c1-13(2)29-22(26)25-17-8-5-15(6-9-17)21-24-12-19(30-21)18-10-7-16(23)11-20(18)31(27,28)14(3)4/h7,10-15,17H,5-6,8-9,23H2,1-4H3,(H,25,26). The normalized spacial score (nSPS) is 19.5. The lowest BCUT2D eigenvalue weighted by atomic mass is 9.86. The number of nitrogen functional groups attached to an aromatic ring is 1. The summed E-state index contributed by atoms with van der Waals surface area (Å²) in [6.07, 6.45) is 4.81. The largest absolute Gasteiger partial charge is 0.447 e. The Morgan fingerprint density at radius 3 is 2.48 bits per heavy atom. The molecule has 3 N–H and O–H groups in total. The number of aromatic nitrogens is 1. The van der Waals surface area contributed by atoms with E-state index in [9.17, 15) is 13.2 Å². The number of alkyl carbamates (subject to hydrolysis) is 1. The van der Waals surface area contributed by atoms with E-state index in [1.54, 1.807) is 32.2 Å². The van der Waals surface area contributed by atoms with Gasteiger partial charge < -0.3 is 15.8 Å². The highest BCUT2D eigenvalue weighted by molar-refractivity contribution is 7.92. The second kappa shape index (κ2) is 9.56. The van der Waals surface area contributed by atoms with Crippen LogP contribution >= 0.6 is 11.3 Å². The van der Waals surface area contributed by atoms with Gasteiger partial charge in [-0.25, -0.2) is 18.2 Å². The van der Waals surface area contributed by atoms with Gasteiger partial charge in [-0.05, 0) is 65.5 Å². The first-order valence-corrected chi connectivity index (χ1v) is 13.0. The van der Waals surface area contributed by atoms with Crippen LogP contribution in [-0.4, -0.2) is 36.9 Å². The molecular formula is C22H31N3O4S2. The molecule has 0 unspecified atom stereocenters. The van der Waals surface area contributed by atoms with E-state index in [0.717, 1.165) is 35.6 Å². The fourth-order valence-electron chi connectivity index (χ4n) is 3.73. The zero-order chi connectivity index (χ0) is 22.8. The van der Waals surface area contributed by atoms with Gasteiger partial charge in [-0.1, -0.05) is 6.07 Å². The van der Waals surface area contributed by atoms with Crippen molar-refractivity contribution < 1.29 is 17.9 Å². The Bertz CT molecular complexity index is 1020. The van der Waals surface area contributed by atoms with Gasteiger partial charge in [0, 0.05) is 29.4 Å². The number of rotatable bonds is 6. The van der Waals surface area contributed by atoms with Gasteiger partial charge in [0.25, 0.3) is 0 Å². The third-order valence-corrected chi connectivity index (χ3v) is 8.85. The van der Waals surface area contributed by atoms with Gasteiger partial charge in [-0.2, -0.15) is 0 Å². The summed E-state index contributed by atoms with van der Waals surface area (Å²) in [6.45, 7) is 7.00. The molecule has 170 valence electrons. The molecule has 7 nitrogen and oxygen atoms in total. The van der Waals surface area contributed by atoms with E-state index < -0.39 is 15.1 Å². The second-order valence-electron chi connectivity index (χ2n) is 8.56. The van der Waals surface area contributed by atoms with Crippen LogP contribution in [0.2, 0.25) is 0 Å². The van der Waals surface area contributed by atoms with Gasteiger partial charge in [0.15, 0.2) is 9.84 Å². The summed E-state index contributed by atoms with van der Waals surface area (Å²) >= 11 is 1.54. The first kappa shape index (κ1) is 23.5. The number of carbonyl (C=O) groups is 1. The van der Waals surface area contributed by atoms with Gasteiger partial charge in [0.05, 0.1) is 26.1 Å². The van der Waals surface area contributed by atoms with Crippen LogP contribution in [0.4, 0.5) is 10.5 Å². The summed E-state index contributed by atoms with van der Waals surface area (Å²) in [5.74, 6) is 0.303. The number of thiazole rings is 1. The van der Waals surface area contributed by atoms with E-state index >= 15 is 0 Å². The van der Waals surface area contributed by atoms with Crippen molar-refractivity contribution in [3.05, 3.63) is 29.4 Å². The monoisotopic (exact) mass is 465 g/mol. The average molecular weight is 466 g/mol. The molecule has 1 fully saturated rings. The Labute approximate surface area is 188 Å². The summed E-state index contributed by atoms with van der Waals surface area (Å²) in [7, 11) is -3.47. The molecule has 0 saturated heterocycles. The number of nitrogens with two attached hydrogens (primary N) is 1. The predicted octanol–water partition coefficient (Wildman–Crippen LogP) is 4.74. The molecule has 1 amide bonds. The highest BCUT2D eigenvalue weighted by Crippen LogP contribution is 2.40. The Morgan fingerprint density at radius 1 is 1.19 bits per heavy atom. The fraction of sp³-hybridized carbons (Fsp3) is 0.545. The number of nitrogens with zero attached hydrogens (tertiary/aromatic N) is 1. The van der Waals surface area contributed by atoms with Crippen molar-refractivity contribution in [2.75, 3.05) is 5.73 Å². The van der Waals surface area contributed by atoms with Crippen molar-refractivity contribution in [1.29, 1.82) is 0 Å². The van der Waals surface area contributed by atoms with E-state index in [1.165, 1.54) is 17.4 Å². The zero-order valence-electron chi connectivity index (χ0n) is 18.4. The van der Waals surface area contributed by atoms with Crippen LogP contribution in [-0.2, 0) is 14.6 Å². The van der Waals surface area contributed by atoms with Crippen LogP contribution in [0, 0.1) is 0 Å². The molecule has 0 bridgehead atoms. The SMILES string of the molecule is CC(C)OC(=O)NC1CCC(c2ncc(-c3ccc(N)cc3S(=O)(=O)C(C)C)s2)CC1. The molecule has 1 aromatic heterocycles. The number of nitrogens with one attached hydrogen (secondary N) is 1. The number of amides is 1. The molecule has 1 aliphatic carbocycles. The van der Waals surface area contributed by atoms with Gasteiger partial charge in [0.1, 0.15) is 0 Å². The molecule has 0 atom stereocenters. The molecule has 31 heavy (non-hydrogen) atoms. The molecule has 2 aromatic rings. The number of carbonyl (C=O) groups excluding carboxylic acids is 1. The number of anilines is 1. The number of hydrogen-bond acceptors (Lipinski definition) is 7. The Hall–Kier alpha value is -2.13. The van der Waals surface area contributed by atoms with Crippen LogP contribution in [0.25, 0.3) is 10.4 Å². The quantitative estimate of drug-likeness (QED) is 0.596. The Morgan fingerprint density at radius 2 is 1.87 bits per heavy atom. The van der Waals surface area contributed by atoms with Crippen molar-refractivity contribution in [1.82, 2.24) is 10.3 Å². The summed E-state index contributed by atoms with van der Waals surface area (Å²) in [5.41, 5.74) is 6.96. The van der Waals surface area contributed by atoms with Crippen LogP contribution in [0.1, 0.15) is 64.3 Å². The summed E-state index contributed by atoms with van der Waals surface area (Å²) in [4.78, 5) is 17.5.